The molecule has 1 N–H and O–H groups in total. The van der Waals surface area contributed by atoms with Crippen molar-refractivity contribution < 1.29 is 18.9 Å². The second-order valence-electron chi connectivity index (χ2n) is 7.26. The quantitative estimate of drug-likeness (QED) is 0.597. The van der Waals surface area contributed by atoms with E-state index in [2.05, 4.69) is 25.2 Å². The molecule has 1 aromatic carbocycles. The number of hydrogen-bond donors (Lipinski definition) is 1. The van der Waals surface area contributed by atoms with Crippen LogP contribution in [0, 0.1) is 6.92 Å². The topological polar surface area (TPSA) is 90.9 Å². The maximum absolute atomic E-state index is 5.44. The smallest absolute Gasteiger partial charge is 0.203 e. The van der Waals surface area contributed by atoms with Gasteiger partial charge in [0.15, 0.2) is 17.3 Å². The van der Waals surface area contributed by atoms with E-state index in [1.54, 1.807) is 21.3 Å². The number of anilines is 3. The first-order chi connectivity index (χ1) is 15.6. The fraction of sp³-hybridized carbons (Fsp3) is 0.348. The van der Waals surface area contributed by atoms with E-state index in [-0.39, 0.29) is 0 Å². The normalized spacial score (nSPS) is 13.6. The highest BCUT2D eigenvalue weighted by Crippen LogP contribution is 2.40. The minimum absolute atomic E-state index is 0.534. The molecule has 0 saturated carbocycles. The largest absolute Gasteiger partial charge is 0.493 e. The van der Waals surface area contributed by atoms with Crippen LogP contribution in [0.25, 0.3) is 11.4 Å². The number of aromatic nitrogens is 3. The predicted molar refractivity (Wildman–Crippen MR) is 122 cm³/mol. The molecule has 0 spiro atoms. The van der Waals surface area contributed by atoms with Gasteiger partial charge in [0.2, 0.25) is 5.75 Å². The molecule has 0 unspecified atom stereocenters. The van der Waals surface area contributed by atoms with Gasteiger partial charge in [-0.05, 0) is 19.1 Å². The van der Waals surface area contributed by atoms with Crippen LogP contribution in [0.15, 0.2) is 36.5 Å². The molecule has 1 fully saturated rings. The van der Waals surface area contributed by atoms with E-state index in [4.69, 9.17) is 18.9 Å². The van der Waals surface area contributed by atoms with E-state index < -0.39 is 0 Å². The van der Waals surface area contributed by atoms with Gasteiger partial charge in [-0.3, -0.25) is 0 Å². The number of rotatable bonds is 7. The van der Waals surface area contributed by atoms with Crippen molar-refractivity contribution in [3.63, 3.8) is 0 Å². The van der Waals surface area contributed by atoms with Gasteiger partial charge in [0.05, 0.1) is 34.5 Å². The zero-order valence-electron chi connectivity index (χ0n) is 18.7. The Morgan fingerprint density at radius 1 is 0.938 bits per heavy atom. The summed E-state index contributed by atoms with van der Waals surface area (Å²) in [6.45, 7) is 5.06. The fourth-order valence-corrected chi connectivity index (χ4v) is 3.56. The Balaban J connectivity index is 1.59. The lowest BCUT2D eigenvalue weighted by atomic mass is 10.2. The van der Waals surface area contributed by atoms with E-state index in [0.29, 0.717) is 28.9 Å². The maximum Gasteiger partial charge on any atom is 0.203 e. The summed E-state index contributed by atoms with van der Waals surface area (Å²) < 4.78 is 21.7. The van der Waals surface area contributed by atoms with Crippen molar-refractivity contribution in [1.82, 2.24) is 15.0 Å². The highest BCUT2D eigenvalue weighted by atomic mass is 16.5. The zero-order valence-corrected chi connectivity index (χ0v) is 18.7. The van der Waals surface area contributed by atoms with Crippen LogP contribution < -0.4 is 24.4 Å². The number of pyridine rings is 1. The van der Waals surface area contributed by atoms with Crippen molar-refractivity contribution in [2.75, 3.05) is 57.8 Å². The summed E-state index contributed by atoms with van der Waals surface area (Å²) in [6, 6.07) is 9.53. The van der Waals surface area contributed by atoms with Gasteiger partial charge in [-0.15, -0.1) is 0 Å². The van der Waals surface area contributed by atoms with Crippen LogP contribution in [0.1, 0.15) is 5.69 Å². The van der Waals surface area contributed by atoms with Gasteiger partial charge in [-0.25, -0.2) is 15.0 Å². The molecule has 0 atom stereocenters. The van der Waals surface area contributed by atoms with Gasteiger partial charge >= 0.3 is 0 Å². The van der Waals surface area contributed by atoms with E-state index in [1.807, 2.05) is 43.5 Å². The number of nitrogens with zero attached hydrogens (tertiary/aromatic N) is 4. The number of morpholine rings is 1. The molecule has 1 saturated heterocycles. The van der Waals surface area contributed by atoms with Crippen LogP contribution in [0.4, 0.5) is 17.3 Å². The van der Waals surface area contributed by atoms with E-state index in [0.717, 1.165) is 49.1 Å². The molecule has 1 aliphatic heterocycles. The first-order valence-electron chi connectivity index (χ1n) is 10.3. The standard InChI is InChI=1S/C23H27N5O4/c1-15-11-20(26-17-12-18(29-2)22(31-4)19(13-17)30-3)27-23(25-15)16-5-6-21(24-14-16)28-7-9-32-10-8-28/h5-6,11-14H,7-10H2,1-4H3,(H,25,26,27). The molecule has 4 rings (SSSR count). The monoisotopic (exact) mass is 437 g/mol. The van der Waals surface area contributed by atoms with Gasteiger partial charge < -0.3 is 29.2 Å². The Morgan fingerprint density at radius 3 is 2.25 bits per heavy atom. The molecule has 0 bridgehead atoms. The van der Waals surface area contributed by atoms with Gasteiger partial charge in [0.25, 0.3) is 0 Å². The van der Waals surface area contributed by atoms with Crippen LogP contribution in [0.2, 0.25) is 0 Å². The molecule has 3 aromatic rings. The zero-order chi connectivity index (χ0) is 22.5. The van der Waals surface area contributed by atoms with E-state index in [1.165, 1.54) is 0 Å². The first-order valence-corrected chi connectivity index (χ1v) is 10.3. The molecule has 1 aliphatic rings. The van der Waals surface area contributed by atoms with Crippen molar-refractivity contribution >= 4 is 17.3 Å². The second kappa shape index (κ2) is 9.69. The van der Waals surface area contributed by atoms with Crippen LogP contribution in [-0.4, -0.2) is 62.6 Å². The summed E-state index contributed by atoms with van der Waals surface area (Å²) in [5, 5.41) is 3.31. The van der Waals surface area contributed by atoms with E-state index in [9.17, 15) is 0 Å². The van der Waals surface area contributed by atoms with Crippen molar-refractivity contribution in [3.8, 4) is 28.6 Å². The number of nitrogens with one attached hydrogen (secondary N) is 1. The molecule has 0 aliphatic carbocycles. The average Bonchev–Trinajstić information content (AvgIpc) is 2.83. The molecular weight excluding hydrogens is 410 g/mol. The molecule has 3 heterocycles. The Bertz CT molecular complexity index is 1040. The maximum atomic E-state index is 5.44. The summed E-state index contributed by atoms with van der Waals surface area (Å²) in [5.41, 5.74) is 2.44. The highest BCUT2D eigenvalue weighted by Gasteiger charge is 2.15. The third kappa shape index (κ3) is 4.67. The van der Waals surface area contributed by atoms with Crippen LogP contribution in [0.3, 0.4) is 0 Å². The lowest BCUT2D eigenvalue weighted by Crippen LogP contribution is -2.36. The highest BCUT2D eigenvalue weighted by molar-refractivity contribution is 5.68. The SMILES string of the molecule is COc1cc(Nc2cc(C)nc(-c3ccc(N4CCOCC4)nc3)n2)cc(OC)c1OC. The minimum Gasteiger partial charge on any atom is -0.493 e. The Labute approximate surface area is 187 Å². The van der Waals surface area contributed by atoms with Crippen LogP contribution >= 0.6 is 0 Å². The molecule has 0 amide bonds. The Morgan fingerprint density at radius 2 is 1.66 bits per heavy atom. The number of hydrogen-bond acceptors (Lipinski definition) is 9. The number of ether oxygens (including phenoxy) is 4. The predicted octanol–water partition coefficient (Wildman–Crippen LogP) is 3.45. The Kier molecular flexibility index (Phi) is 6.55. The van der Waals surface area contributed by atoms with Crippen molar-refractivity contribution in [3.05, 3.63) is 42.2 Å². The molecule has 32 heavy (non-hydrogen) atoms. The van der Waals surface area contributed by atoms with Crippen LogP contribution in [0.5, 0.6) is 17.2 Å². The summed E-state index contributed by atoms with van der Waals surface area (Å²) in [4.78, 5) is 16.1. The van der Waals surface area contributed by atoms with Gasteiger partial charge in [0.1, 0.15) is 11.6 Å². The lowest BCUT2D eigenvalue weighted by molar-refractivity contribution is 0.122. The van der Waals surface area contributed by atoms with Gasteiger partial charge in [0, 0.05) is 54.4 Å². The minimum atomic E-state index is 0.534. The van der Waals surface area contributed by atoms with Crippen molar-refractivity contribution in [2.24, 2.45) is 0 Å². The second-order valence-corrected chi connectivity index (χ2v) is 7.26. The first kappa shape index (κ1) is 21.6. The third-order valence-corrected chi connectivity index (χ3v) is 5.13. The molecule has 9 nitrogen and oxygen atoms in total. The number of aryl methyl sites for hydroxylation is 1. The summed E-state index contributed by atoms with van der Waals surface area (Å²) in [6.07, 6.45) is 1.81. The van der Waals surface area contributed by atoms with Gasteiger partial charge in [-0.2, -0.15) is 0 Å². The number of methoxy groups -OCH3 is 3. The molecule has 9 heteroatoms. The summed E-state index contributed by atoms with van der Waals surface area (Å²) in [7, 11) is 4.75. The summed E-state index contributed by atoms with van der Waals surface area (Å²) >= 11 is 0. The van der Waals surface area contributed by atoms with Crippen molar-refractivity contribution in [2.45, 2.75) is 6.92 Å². The third-order valence-electron chi connectivity index (χ3n) is 5.13. The van der Waals surface area contributed by atoms with Gasteiger partial charge in [-0.1, -0.05) is 0 Å². The number of benzene rings is 1. The molecular formula is C23H27N5O4. The molecule has 2 aromatic heterocycles. The van der Waals surface area contributed by atoms with Crippen LogP contribution in [-0.2, 0) is 4.74 Å². The Hall–Kier alpha value is -3.59. The summed E-state index contributed by atoms with van der Waals surface area (Å²) in [5.74, 6) is 3.83. The van der Waals surface area contributed by atoms with Crippen molar-refractivity contribution in [1.29, 1.82) is 0 Å². The average molecular weight is 438 g/mol. The molecule has 168 valence electrons. The van der Waals surface area contributed by atoms with E-state index >= 15 is 0 Å². The fourth-order valence-electron chi connectivity index (χ4n) is 3.56. The lowest BCUT2D eigenvalue weighted by Gasteiger charge is -2.27. The molecule has 0 radical (unpaired) electrons.